The van der Waals surface area contributed by atoms with Crippen LogP contribution in [-0.4, -0.2) is 18.0 Å². The molecule has 0 aliphatic heterocycles. The molecule has 1 rings (SSSR count). The summed E-state index contributed by atoms with van der Waals surface area (Å²) in [5.41, 5.74) is 0.454. The quantitative estimate of drug-likeness (QED) is 0.817. The number of nitrogens with one attached hydrogen (secondary N) is 2. The van der Waals surface area contributed by atoms with Crippen molar-refractivity contribution in [1.29, 1.82) is 0 Å². The van der Waals surface area contributed by atoms with Gasteiger partial charge in [-0.05, 0) is 38.0 Å². The fourth-order valence-corrected chi connectivity index (χ4v) is 1.57. The van der Waals surface area contributed by atoms with Crippen LogP contribution in [0.2, 0.25) is 0 Å². The molecule has 3 nitrogen and oxygen atoms in total. The van der Waals surface area contributed by atoms with Gasteiger partial charge in [0.1, 0.15) is 5.82 Å². The Bertz CT molecular complexity index is 403. The zero-order chi connectivity index (χ0) is 13.6. The predicted molar refractivity (Wildman–Crippen MR) is 72.0 cm³/mol. The summed E-state index contributed by atoms with van der Waals surface area (Å²) in [4.78, 5) is 11.7. The number of hydrogen-bond acceptors (Lipinski definition) is 2. The Hall–Kier alpha value is -1.42. The molecule has 0 spiro atoms. The van der Waals surface area contributed by atoms with E-state index >= 15 is 0 Å². The summed E-state index contributed by atoms with van der Waals surface area (Å²) >= 11 is 0. The van der Waals surface area contributed by atoms with Crippen LogP contribution >= 0.6 is 0 Å². The molecule has 0 saturated heterocycles. The van der Waals surface area contributed by atoms with Crippen LogP contribution in [0, 0.1) is 5.82 Å². The summed E-state index contributed by atoms with van der Waals surface area (Å²) < 4.78 is 12.9. The smallest absolute Gasteiger partial charge is 0.238 e. The highest BCUT2D eigenvalue weighted by molar-refractivity contribution is 5.92. The molecule has 0 atom stereocenters. The third-order valence-corrected chi connectivity index (χ3v) is 3.34. The van der Waals surface area contributed by atoms with Crippen molar-refractivity contribution in [2.24, 2.45) is 0 Å². The second-order valence-corrected chi connectivity index (χ2v) is 4.68. The standard InChI is InChI=1S/C14H21FN2O/c1-4-14(3,5-2)16-10-13(18)17-12-8-6-7-11(15)9-12/h6-9,16H,4-5,10H2,1-3H3,(H,17,18). The number of halogens is 1. The number of carbonyl (C=O) groups excluding carboxylic acids is 1. The molecule has 4 heteroatoms. The molecule has 0 fully saturated rings. The Balaban J connectivity index is 2.47. The highest BCUT2D eigenvalue weighted by atomic mass is 19.1. The van der Waals surface area contributed by atoms with Crippen molar-refractivity contribution in [1.82, 2.24) is 5.32 Å². The molecule has 100 valence electrons. The van der Waals surface area contributed by atoms with Gasteiger partial charge in [-0.3, -0.25) is 4.79 Å². The molecule has 0 bridgehead atoms. The van der Waals surface area contributed by atoms with Gasteiger partial charge < -0.3 is 10.6 Å². The zero-order valence-corrected chi connectivity index (χ0v) is 11.2. The van der Waals surface area contributed by atoms with Crippen LogP contribution in [0.5, 0.6) is 0 Å². The lowest BCUT2D eigenvalue weighted by Gasteiger charge is -2.28. The van der Waals surface area contributed by atoms with Gasteiger partial charge >= 0.3 is 0 Å². The maximum absolute atomic E-state index is 12.9. The van der Waals surface area contributed by atoms with E-state index < -0.39 is 0 Å². The van der Waals surface area contributed by atoms with E-state index in [1.165, 1.54) is 12.1 Å². The SMILES string of the molecule is CCC(C)(CC)NCC(=O)Nc1cccc(F)c1. The van der Waals surface area contributed by atoms with E-state index in [0.29, 0.717) is 5.69 Å². The summed E-state index contributed by atoms with van der Waals surface area (Å²) in [7, 11) is 0. The van der Waals surface area contributed by atoms with Gasteiger partial charge in [-0.1, -0.05) is 19.9 Å². The van der Waals surface area contributed by atoms with Crippen molar-refractivity contribution in [2.75, 3.05) is 11.9 Å². The average Bonchev–Trinajstić information content (AvgIpc) is 2.36. The lowest BCUT2D eigenvalue weighted by atomic mass is 9.96. The van der Waals surface area contributed by atoms with E-state index in [1.54, 1.807) is 12.1 Å². The Morgan fingerprint density at radius 3 is 2.56 bits per heavy atom. The molecule has 0 aromatic heterocycles. The first-order chi connectivity index (χ1) is 8.49. The van der Waals surface area contributed by atoms with Crippen molar-refractivity contribution < 1.29 is 9.18 Å². The second-order valence-electron chi connectivity index (χ2n) is 4.68. The average molecular weight is 252 g/mol. The molecule has 0 saturated carbocycles. The number of rotatable bonds is 6. The van der Waals surface area contributed by atoms with Crippen LogP contribution in [0.25, 0.3) is 0 Å². The minimum atomic E-state index is -0.354. The summed E-state index contributed by atoms with van der Waals surface area (Å²) in [6.45, 7) is 6.49. The first-order valence-electron chi connectivity index (χ1n) is 6.29. The molecular weight excluding hydrogens is 231 g/mol. The minimum Gasteiger partial charge on any atom is -0.325 e. The lowest BCUT2D eigenvalue weighted by molar-refractivity contribution is -0.115. The number of hydrogen-bond donors (Lipinski definition) is 2. The predicted octanol–water partition coefficient (Wildman–Crippen LogP) is 2.93. The van der Waals surface area contributed by atoms with E-state index in [0.717, 1.165) is 12.8 Å². The van der Waals surface area contributed by atoms with Gasteiger partial charge in [0.2, 0.25) is 5.91 Å². The normalized spacial score (nSPS) is 11.3. The summed E-state index contributed by atoms with van der Waals surface area (Å²) in [6.07, 6.45) is 1.91. The van der Waals surface area contributed by atoms with E-state index in [2.05, 4.69) is 31.4 Å². The van der Waals surface area contributed by atoms with Crippen LogP contribution in [0.15, 0.2) is 24.3 Å². The van der Waals surface area contributed by atoms with Gasteiger partial charge in [0, 0.05) is 11.2 Å². The van der Waals surface area contributed by atoms with Crippen LogP contribution in [0.3, 0.4) is 0 Å². The monoisotopic (exact) mass is 252 g/mol. The Morgan fingerprint density at radius 1 is 1.33 bits per heavy atom. The number of amides is 1. The maximum Gasteiger partial charge on any atom is 0.238 e. The summed E-state index contributed by atoms with van der Waals surface area (Å²) in [5, 5.41) is 5.89. The van der Waals surface area contributed by atoms with Gasteiger partial charge in [-0.25, -0.2) is 4.39 Å². The molecule has 0 radical (unpaired) electrons. The minimum absolute atomic E-state index is 0.0285. The van der Waals surface area contributed by atoms with Crippen molar-refractivity contribution in [2.45, 2.75) is 39.2 Å². The first kappa shape index (κ1) is 14.6. The first-order valence-corrected chi connectivity index (χ1v) is 6.29. The van der Waals surface area contributed by atoms with Gasteiger partial charge in [-0.2, -0.15) is 0 Å². The largest absolute Gasteiger partial charge is 0.325 e. The van der Waals surface area contributed by atoms with Gasteiger partial charge in [0.25, 0.3) is 0 Å². The Kier molecular flexibility index (Phi) is 5.28. The highest BCUT2D eigenvalue weighted by Crippen LogP contribution is 2.13. The van der Waals surface area contributed by atoms with E-state index in [9.17, 15) is 9.18 Å². The van der Waals surface area contributed by atoms with Crippen LogP contribution < -0.4 is 10.6 Å². The number of carbonyl (C=O) groups is 1. The number of benzene rings is 1. The highest BCUT2D eigenvalue weighted by Gasteiger charge is 2.19. The summed E-state index contributed by atoms with van der Waals surface area (Å²) in [6, 6.07) is 5.89. The Morgan fingerprint density at radius 2 is 2.00 bits per heavy atom. The molecule has 18 heavy (non-hydrogen) atoms. The molecular formula is C14H21FN2O. The van der Waals surface area contributed by atoms with Crippen molar-refractivity contribution in [3.63, 3.8) is 0 Å². The molecule has 0 unspecified atom stereocenters. The molecule has 2 N–H and O–H groups in total. The van der Waals surface area contributed by atoms with Gasteiger partial charge in [0.05, 0.1) is 6.54 Å². The van der Waals surface area contributed by atoms with Crippen molar-refractivity contribution >= 4 is 11.6 Å². The van der Waals surface area contributed by atoms with Gasteiger partial charge in [-0.15, -0.1) is 0 Å². The van der Waals surface area contributed by atoms with Crippen LogP contribution in [0.4, 0.5) is 10.1 Å². The van der Waals surface area contributed by atoms with Crippen LogP contribution in [0.1, 0.15) is 33.6 Å². The van der Waals surface area contributed by atoms with E-state index in [-0.39, 0.29) is 23.8 Å². The Labute approximate surface area is 108 Å². The van der Waals surface area contributed by atoms with E-state index in [1.807, 2.05) is 0 Å². The van der Waals surface area contributed by atoms with Crippen LogP contribution in [-0.2, 0) is 4.79 Å². The van der Waals surface area contributed by atoms with Crippen molar-refractivity contribution in [3.05, 3.63) is 30.1 Å². The third kappa shape index (κ3) is 4.45. The topological polar surface area (TPSA) is 41.1 Å². The second kappa shape index (κ2) is 6.50. The zero-order valence-electron chi connectivity index (χ0n) is 11.2. The fraction of sp³-hybridized carbons (Fsp3) is 0.500. The molecule has 1 amide bonds. The van der Waals surface area contributed by atoms with E-state index in [4.69, 9.17) is 0 Å². The molecule has 0 heterocycles. The third-order valence-electron chi connectivity index (χ3n) is 3.34. The van der Waals surface area contributed by atoms with Gasteiger partial charge in [0.15, 0.2) is 0 Å². The van der Waals surface area contributed by atoms with Crippen molar-refractivity contribution in [3.8, 4) is 0 Å². The molecule has 1 aromatic carbocycles. The molecule has 0 aliphatic rings. The molecule has 0 aliphatic carbocycles. The summed E-state index contributed by atoms with van der Waals surface area (Å²) in [5.74, 6) is -0.513. The maximum atomic E-state index is 12.9. The molecule has 1 aromatic rings. The lowest BCUT2D eigenvalue weighted by Crippen LogP contribution is -2.45. The number of anilines is 1. The fourth-order valence-electron chi connectivity index (χ4n) is 1.57.